The molecule has 2 unspecified atom stereocenters. The molecule has 0 spiro atoms. The minimum absolute atomic E-state index is 0.466. The zero-order chi connectivity index (χ0) is 14.7. The molecular weight excluding hydrogens is 266 g/mol. The molecule has 1 N–H and O–H groups in total. The molecule has 0 bridgehead atoms. The molecule has 1 aliphatic carbocycles. The fraction of sp³-hybridized carbons (Fsp3) is 0.375. The molecule has 0 fully saturated rings. The normalized spacial score (nSPS) is 24.8. The smallest absolute Gasteiger partial charge is 0.214 e. The van der Waals surface area contributed by atoms with Gasteiger partial charge in [-0.25, -0.2) is 0 Å². The molecule has 110 valence electrons. The summed E-state index contributed by atoms with van der Waals surface area (Å²) in [7, 11) is 0. The molecule has 0 aliphatic heterocycles. The van der Waals surface area contributed by atoms with E-state index < -0.39 is 11.8 Å². The van der Waals surface area contributed by atoms with Crippen molar-refractivity contribution in [3.63, 3.8) is 0 Å². The molecular formula is C16H19N3O2. The number of aliphatic hydroxyl groups is 1. The molecule has 3 rings (SSSR count). The van der Waals surface area contributed by atoms with Crippen molar-refractivity contribution < 1.29 is 9.84 Å². The van der Waals surface area contributed by atoms with Crippen LogP contribution in [0.2, 0.25) is 0 Å². The maximum absolute atomic E-state index is 10.8. The average Bonchev–Trinajstić information content (AvgIpc) is 2.91. The molecule has 0 saturated heterocycles. The molecule has 5 heteroatoms. The zero-order valence-corrected chi connectivity index (χ0v) is 12.0. The second-order valence-corrected chi connectivity index (χ2v) is 5.15. The number of nitrogens with zero attached hydrogens (tertiary/aromatic N) is 3. The van der Waals surface area contributed by atoms with E-state index in [9.17, 15) is 5.11 Å². The Balaban J connectivity index is 1.90. The van der Waals surface area contributed by atoms with Gasteiger partial charge in [-0.15, -0.1) is 0 Å². The summed E-state index contributed by atoms with van der Waals surface area (Å²) in [5.74, 6) is -1.40. The Bertz CT molecular complexity index is 644. The summed E-state index contributed by atoms with van der Waals surface area (Å²) in [6.45, 7) is 2.59. The molecule has 0 amide bonds. The predicted octanol–water partition coefficient (Wildman–Crippen LogP) is 2.60. The van der Waals surface area contributed by atoms with Crippen LogP contribution in [0, 0.1) is 0 Å². The second kappa shape index (κ2) is 5.79. The maximum atomic E-state index is 10.8. The monoisotopic (exact) mass is 285 g/mol. The van der Waals surface area contributed by atoms with Gasteiger partial charge in [-0.05, 0) is 24.6 Å². The van der Waals surface area contributed by atoms with Crippen LogP contribution in [0.25, 0.3) is 11.0 Å². The van der Waals surface area contributed by atoms with Crippen molar-refractivity contribution in [1.29, 1.82) is 0 Å². The van der Waals surface area contributed by atoms with Gasteiger partial charge in [0, 0.05) is 0 Å². The number of hydrogen-bond acceptors (Lipinski definition) is 4. The van der Waals surface area contributed by atoms with Crippen molar-refractivity contribution in [3.8, 4) is 0 Å². The summed E-state index contributed by atoms with van der Waals surface area (Å²) in [6.07, 6.45) is 9.08. The maximum Gasteiger partial charge on any atom is 0.214 e. The lowest BCUT2D eigenvalue weighted by Crippen LogP contribution is -2.41. The molecule has 0 radical (unpaired) electrons. The highest BCUT2D eigenvalue weighted by molar-refractivity contribution is 5.73. The van der Waals surface area contributed by atoms with Crippen LogP contribution in [0.5, 0.6) is 0 Å². The summed E-state index contributed by atoms with van der Waals surface area (Å²) in [5, 5.41) is 19.7. The molecule has 1 heterocycles. The molecule has 1 aliphatic rings. The Kier molecular flexibility index (Phi) is 3.86. The summed E-state index contributed by atoms with van der Waals surface area (Å²) in [6, 6.07) is 7.17. The number of allylic oxidation sites excluding steroid dienone is 2. The van der Waals surface area contributed by atoms with E-state index in [1.807, 2.05) is 36.4 Å². The highest BCUT2D eigenvalue weighted by atomic mass is 16.6. The first kappa shape index (κ1) is 14.0. The summed E-state index contributed by atoms with van der Waals surface area (Å²) >= 11 is 0. The van der Waals surface area contributed by atoms with Crippen LogP contribution >= 0.6 is 0 Å². The van der Waals surface area contributed by atoms with E-state index in [-0.39, 0.29) is 0 Å². The van der Waals surface area contributed by atoms with Gasteiger partial charge in [0.25, 0.3) is 0 Å². The quantitative estimate of drug-likeness (QED) is 0.677. The number of aromatic nitrogens is 3. The lowest BCUT2D eigenvalue weighted by molar-refractivity contribution is -0.191. The highest BCUT2D eigenvalue weighted by Crippen LogP contribution is 2.30. The number of fused-ring (bicyclic) bond motifs is 1. The summed E-state index contributed by atoms with van der Waals surface area (Å²) in [5.41, 5.74) is 1.60. The van der Waals surface area contributed by atoms with Crippen LogP contribution in [0.4, 0.5) is 0 Å². The van der Waals surface area contributed by atoms with Crippen LogP contribution in [0.15, 0.2) is 48.6 Å². The summed E-state index contributed by atoms with van der Waals surface area (Å²) < 4.78 is 5.69. The largest absolute Gasteiger partial charge is 0.360 e. The van der Waals surface area contributed by atoms with Gasteiger partial charge >= 0.3 is 0 Å². The van der Waals surface area contributed by atoms with E-state index in [0.29, 0.717) is 6.61 Å². The van der Waals surface area contributed by atoms with E-state index in [4.69, 9.17) is 4.74 Å². The Labute approximate surface area is 123 Å². The molecule has 2 aromatic rings. The van der Waals surface area contributed by atoms with Crippen LogP contribution in [-0.2, 0) is 4.74 Å². The molecule has 1 aromatic carbocycles. The number of ether oxygens (including phenoxy) is 1. The van der Waals surface area contributed by atoms with E-state index in [0.717, 1.165) is 23.9 Å². The molecule has 5 nitrogen and oxygen atoms in total. The lowest BCUT2D eigenvalue weighted by atomic mass is 10.0. The van der Waals surface area contributed by atoms with Crippen LogP contribution in [0.1, 0.15) is 25.8 Å². The Morgan fingerprint density at radius 1 is 1.24 bits per heavy atom. The van der Waals surface area contributed by atoms with Crippen molar-refractivity contribution in [3.05, 3.63) is 48.6 Å². The average molecular weight is 285 g/mol. The van der Waals surface area contributed by atoms with Crippen LogP contribution < -0.4 is 0 Å². The number of hydrogen-bond donors (Lipinski definition) is 1. The van der Waals surface area contributed by atoms with Crippen LogP contribution in [0.3, 0.4) is 0 Å². The van der Waals surface area contributed by atoms with Crippen molar-refractivity contribution in [2.75, 3.05) is 6.61 Å². The first-order valence-corrected chi connectivity index (χ1v) is 7.27. The Morgan fingerprint density at radius 2 is 1.95 bits per heavy atom. The molecule has 0 saturated carbocycles. The van der Waals surface area contributed by atoms with Crippen molar-refractivity contribution in [1.82, 2.24) is 15.0 Å². The second-order valence-electron chi connectivity index (χ2n) is 5.15. The van der Waals surface area contributed by atoms with Crippen LogP contribution in [-0.4, -0.2) is 32.5 Å². The first-order valence-electron chi connectivity index (χ1n) is 7.27. The third-order valence-electron chi connectivity index (χ3n) is 3.55. The van der Waals surface area contributed by atoms with E-state index in [2.05, 4.69) is 17.1 Å². The van der Waals surface area contributed by atoms with E-state index in [1.165, 1.54) is 4.80 Å². The fourth-order valence-electron chi connectivity index (χ4n) is 2.36. The highest BCUT2D eigenvalue weighted by Gasteiger charge is 2.38. The van der Waals surface area contributed by atoms with Gasteiger partial charge in [0.05, 0.1) is 6.61 Å². The van der Waals surface area contributed by atoms with Gasteiger partial charge in [-0.2, -0.15) is 15.0 Å². The Morgan fingerprint density at radius 3 is 2.62 bits per heavy atom. The minimum atomic E-state index is -1.40. The van der Waals surface area contributed by atoms with Gasteiger partial charge in [-0.1, -0.05) is 43.7 Å². The topological polar surface area (TPSA) is 60.2 Å². The third-order valence-corrected chi connectivity index (χ3v) is 3.55. The van der Waals surface area contributed by atoms with Gasteiger partial charge in [0.15, 0.2) is 0 Å². The van der Waals surface area contributed by atoms with E-state index in [1.54, 1.807) is 12.2 Å². The first-order chi connectivity index (χ1) is 10.2. The van der Waals surface area contributed by atoms with Crippen molar-refractivity contribution in [2.24, 2.45) is 0 Å². The molecule has 2 atom stereocenters. The van der Waals surface area contributed by atoms with Gasteiger partial charge in [0.1, 0.15) is 17.1 Å². The number of benzene rings is 1. The SMILES string of the molecule is CCCCOC1(O)C=CC=CC1n1nc2ccccc2n1. The fourth-order valence-corrected chi connectivity index (χ4v) is 2.36. The van der Waals surface area contributed by atoms with Crippen molar-refractivity contribution in [2.45, 2.75) is 31.6 Å². The van der Waals surface area contributed by atoms with Gasteiger partial charge in [-0.3, -0.25) is 0 Å². The zero-order valence-electron chi connectivity index (χ0n) is 12.0. The summed E-state index contributed by atoms with van der Waals surface area (Å²) in [4.78, 5) is 1.52. The minimum Gasteiger partial charge on any atom is -0.360 e. The molecule has 1 aromatic heterocycles. The standard InChI is InChI=1S/C16H19N3O2/c1-2-3-12-21-16(20)11-7-6-10-15(16)19-17-13-8-4-5-9-14(13)18-19/h4-11,15,20H,2-3,12H2,1H3. The lowest BCUT2D eigenvalue weighted by Gasteiger charge is -2.32. The Hall–Kier alpha value is -1.98. The number of unbranched alkanes of at least 4 members (excludes halogenated alkanes) is 1. The predicted molar refractivity (Wildman–Crippen MR) is 80.7 cm³/mol. The third kappa shape index (κ3) is 2.75. The number of rotatable bonds is 5. The van der Waals surface area contributed by atoms with Gasteiger partial charge < -0.3 is 9.84 Å². The molecule has 21 heavy (non-hydrogen) atoms. The van der Waals surface area contributed by atoms with Gasteiger partial charge in [0.2, 0.25) is 5.79 Å². The van der Waals surface area contributed by atoms with Crippen molar-refractivity contribution >= 4 is 11.0 Å². The van der Waals surface area contributed by atoms with E-state index >= 15 is 0 Å².